The zero-order chi connectivity index (χ0) is 14.1. The molecule has 0 amide bonds. The number of ketones is 1. The quantitative estimate of drug-likeness (QED) is 0.584. The summed E-state index contributed by atoms with van der Waals surface area (Å²) >= 11 is 4.20. The van der Waals surface area contributed by atoms with Crippen LogP contribution in [0.15, 0.2) is 57.8 Å². The maximum absolute atomic E-state index is 12.4. The maximum atomic E-state index is 12.4. The number of hydrogen-bond donors (Lipinski definition) is 1. The lowest BCUT2D eigenvalue weighted by molar-refractivity contribution is 0.101. The molecule has 0 saturated heterocycles. The Morgan fingerprint density at radius 1 is 1.15 bits per heavy atom. The number of carbonyl (C=O) groups excluding carboxylic acids is 1. The van der Waals surface area contributed by atoms with E-state index in [0.29, 0.717) is 22.7 Å². The van der Waals surface area contributed by atoms with E-state index in [4.69, 9.17) is 9.15 Å². The molecule has 1 aromatic heterocycles. The van der Waals surface area contributed by atoms with Gasteiger partial charge in [0.25, 0.3) is 0 Å². The number of fused-ring (bicyclic) bond motifs is 1. The summed E-state index contributed by atoms with van der Waals surface area (Å²) in [7, 11) is 1.57. The topological polar surface area (TPSA) is 39.4 Å². The normalized spacial score (nSPS) is 10.7. The highest BCUT2D eigenvalue weighted by molar-refractivity contribution is 7.80. The van der Waals surface area contributed by atoms with Gasteiger partial charge in [0.15, 0.2) is 17.1 Å². The Kier molecular flexibility index (Phi) is 3.24. The molecule has 3 aromatic rings. The predicted octanol–water partition coefficient (Wildman–Crippen LogP) is 3.96. The maximum Gasteiger partial charge on any atom is 0.228 e. The van der Waals surface area contributed by atoms with Crippen LogP contribution in [-0.4, -0.2) is 12.9 Å². The van der Waals surface area contributed by atoms with Crippen molar-refractivity contribution < 1.29 is 13.9 Å². The average Bonchev–Trinajstić information content (AvgIpc) is 2.91. The number of rotatable bonds is 3. The van der Waals surface area contributed by atoms with E-state index in [2.05, 4.69) is 12.6 Å². The van der Waals surface area contributed by atoms with Gasteiger partial charge in [-0.15, -0.1) is 12.6 Å². The third kappa shape index (κ3) is 2.18. The van der Waals surface area contributed by atoms with Crippen molar-refractivity contribution in [2.24, 2.45) is 0 Å². The molecular formula is C16H12O3S. The van der Waals surface area contributed by atoms with Crippen LogP contribution in [0.2, 0.25) is 0 Å². The molecule has 0 radical (unpaired) electrons. The molecule has 0 bridgehead atoms. The van der Waals surface area contributed by atoms with Crippen molar-refractivity contribution in [2.75, 3.05) is 7.11 Å². The number of furan rings is 1. The SMILES string of the molecule is COc1cccc2cc(C(=O)c3ccc(S)cc3)oc12. The monoisotopic (exact) mass is 284 g/mol. The minimum Gasteiger partial charge on any atom is -0.493 e. The van der Waals surface area contributed by atoms with Crippen LogP contribution in [0.1, 0.15) is 16.1 Å². The summed E-state index contributed by atoms with van der Waals surface area (Å²) in [6.07, 6.45) is 0. The highest BCUT2D eigenvalue weighted by Gasteiger charge is 2.16. The molecular weight excluding hydrogens is 272 g/mol. The fourth-order valence-corrected chi connectivity index (χ4v) is 2.21. The molecule has 0 saturated carbocycles. The first-order chi connectivity index (χ1) is 9.69. The van der Waals surface area contributed by atoms with Crippen molar-refractivity contribution in [3.63, 3.8) is 0 Å². The summed E-state index contributed by atoms with van der Waals surface area (Å²) in [5, 5.41) is 0.846. The first kappa shape index (κ1) is 12.8. The fraction of sp³-hybridized carbons (Fsp3) is 0.0625. The molecule has 0 aliphatic rings. The Morgan fingerprint density at radius 3 is 2.60 bits per heavy atom. The van der Waals surface area contributed by atoms with E-state index in [-0.39, 0.29) is 5.78 Å². The summed E-state index contributed by atoms with van der Waals surface area (Å²) in [5.74, 6) is 0.764. The number of para-hydroxylation sites is 1. The van der Waals surface area contributed by atoms with Crippen LogP contribution in [0.25, 0.3) is 11.0 Å². The number of hydrogen-bond acceptors (Lipinski definition) is 4. The number of ether oxygens (including phenoxy) is 1. The molecule has 20 heavy (non-hydrogen) atoms. The predicted molar refractivity (Wildman–Crippen MR) is 79.9 cm³/mol. The molecule has 2 aromatic carbocycles. The molecule has 0 spiro atoms. The lowest BCUT2D eigenvalue weighted by Gasteiger charge is -1.99. The number of methoxy groups -OCH3 is 1. The Morgan fingerprint density at radius 2 is 1.90 bits per heavy atom. The van der Waals surface area contributed by atoms with Crippen molar-refractivity contribution in [3.8, 4) is 5.75 Å². The van der Waals surface area contributed by atoms with E-state index in [1.165, 1.54) is 0 Å². The van der Waals surface area contributed by atoms with Gasteiger partial charge in [0.2, 0.25) is 5.78 Å². The summed E-state index contributed by atoms with van der Waals surface area (Å²) < 4.78 is 10.9. The van der Waals surface area contributed by atoms with Crippen LogP contribution in [-0.2, 0) is 0 Å². The van der Waals surface area contributed by atoms with Crippen molar-refractivity contribution in [1.82, 2.24) is 0 Å². The molecule has 0 aliphatic heterocycles. The summed E-state index contributed by atoms with van der Waals surface area (Å²) in [4.78, 5) is 13.2. The van der Waals surface area contributed by atoms with Crippen LogP contribution < -0.4 is 4.74 Å². The Hall–Kier alpha value is -2.20. The number of carbonyl (C=O) groups is 1. The van der Waals surface area contributed by atoms with E-state index in [9.17, 15) is 4.79 Å². The molecule has 3 rings (SSSR count). The van der Waals surface area contributed by atoms with Gasteiger partial charge >= 0.3 is 0 Å². The first-order valence-electron chi connectivity index (χ1n) is 6.09. The number of thiol groups is 1. The highest BCUT2D eigenvalue weighted by Crippen LogP contribution is 2.29. The Balaban J connectivity index is 2.06. The Labute approximate surface area is 121 Å². The molecule has 0 atom stereocenters. The van der Waals surface area contributed by atoms with Gasteiger partial charge in [0.05, 0.1) is 7.11 Å². The van der Waals surface area contributed by atoms with Crippen LogP contribution in [0, 0.1) is 0 Å². The van der Waals surface area contributed by atoms with E-state index in [1.54, 1.807) is 43.5 Å². The van der Waals surface area contributed by atoms with Gasteiger partial charge < -0.3 is 9.15 Å². The van der Waals surface area contributed by atoms with Crippen molar-refractivity contribution in [2.45, 2.75) is 4.90 Å². The van der Waals surface area contributed by atoms with Crippen LogP contribution in [0.5, 0.6) is 5.75 Å². The van der Waals surface area contributed by atoms with Crippen molar-refractivity contribution >= 4 is 29.4 Å². The lowest BCUT2D eigenvalue weighted by atomic mass is 10.1. The molecule has 100 valence electrons. The summed E-state index contributed by atoms with van der Waals surface area (Å²) in [6, 6.07) is 14.3. The van der Waals surface area contributed by atoms with Gasteiger partial charge in [-0.1, -0.05) is 12.1 Å². The van der Waals surface area contributed by atoms with E-state index in [1.807, 2.05) is 12.1 Å². The van der Waals surface area contributed by atoms with Crippen molar-refractivity contribution in [1.29, 1.82) is 0 Å². The smallest absolute Gasteiger partial charge is 0.228 e. The average molecular weight is 284 g/mol. The third-order valence-electron chi connectivity index (χ3n) is 3.08. The van der Waals surface area contributed by atoms with Gasteiger partial charge in [0.1, 0.15) is 0 Å². The molecule has 0 fully saturated rings. The van der Waals surface area contributed by atoms with E-state index < -0.39 is 0 Å². The third-order valence-corrected chi connectivity index (χ3v) is 3.38. The summed E-state index contributed by atoms with van der Waals surface area (Å²) in [5.41, 5.74) is 1.16. The van der Waals surface area contributed by atoms with Gasteiger partial charge in [-0.3, -0.25) is 4.79 Å². The summed E-state index contributed by atoms with van der Waals surface area (Å²) in [6.45, 7) is 0. The molecule has 0 unspecified atom stereocenters. The second-order valence-electron chi connectivity index (χ2n) is 4.37. The standard InChI is InChI=1S/C16H12O3S/c1-18-13-4-2-3-11-9-14(19-16(11)13)15(17)10-5-7-12(20)8-6-10/h2-9,20H,1H3. The van der Waals surface area contributed by atoms with E-state index in [0.717, 1.165) is 10.3 Å². The molecule has 0 aliphatic carbocycles. The zero-order valence-electron chi connectivity index (χ0n) is 10.8. The lowest BCUT2D eigenvalue weighted by Crippen LogP contribution is -1.98. The second kappa shape index (κ2) is 5.06. The largest absolute Gasteiger partial charge is 0.493 e. The molecule has 0 N–H and O–H groups in total. The van der Waals surface area contributed by atoms with Gasteiger partial charge in [0, 0.05) is 15.8 Å². The van der Waals surface area contributed by atoms with Crippen molar-refractivity contribution in [3.05, 3.63) is 59.9 Å². The van der Waals surface area contributed by atoms with Gasteiger partial charge in [-0.05, 0) is 36.4 Å². The van der Waals surface area contributed by atoms with Gasteiger partial charge in [-0.2, -0.15) is 0 Å². The highest BCUT2D eigenvalue weighted by atomic mass is 32.1. The minimum atomic E-state index is -0.156. The molecule has 1 heterocycles. The van der Waals surface area contributed by atoms with Crippen LogP contribution >= 0.6 is 12.6 Å². The molecule has 3 nitrogen and oxygen atoms in total. The fourth-order valence-electron chi connectivity index (χ4n) is 2.06. The number of benzene rings is 2. The second-order valence-corrected chi connectivity index (χ2v) is 4.88. The minimum absolute atomic E-state index is 0.156. The zero-order valence-corrected chi connectivity index (χ0v) is 11.7. The molecule has 4 heteroatoms. The first-order valence-corrected chi connectivity index (χ1v) is 6.54. The Bertz CT molecular complexity index is 772. The van der Waals surface area contributed by atoms with E-state index >= 15 is 0 Å². The van der Waals surface area contributed by atoms with Gasteiger partial charge in [-0.25, -0.2) is 0 Å². The van der Waals surface area contributed by atoms with Crippen LogP contribution in [0.3, 0.4) is 0 Å². The van der Waals surface area contributed by atoms with Crippen LogP contribution in [0.4, 0.5) is 0 Å².